The van der Waals surface area contributed by atoms with Gasteiger partial charge in [0.15, 0.2) is 0 Å². The predicted molar refractivity (Wildman–Crippen MR) is 67.7 cm³/mol. The summed E-state index contributed by atoms with van der Waals surface area (Å²) in [6.07, 6.45) is 0. The maximum Gasteiger partial charge on any atom is 2.00 e. The summed E-state index contributed by atoms with van der Waals surface area (Å²) in [5.74, 6) is 0. The molecule has 0 spiro atoms. The van der Waals surface area contributed by atoms with Crippen LogP contribution in [0.15, 0.2) is 28.8 Å². The first-order valence-corrected chi connectivity index (χ1v) is 3.91. The number of aromatic nitrogens is 6. The summed E-state index contributed by atoms with van der Waals surface area (Å²) in [7, 11) is 0. The van der Waals surface area contributed by atoms with Gasteiger partial charge in [-0.1, -0.05) is 0 Å². The fraction of sp³-hybridized carbons (Fsp3) is 0. The van der Waals surface area contributed by atoms with Crippen molar-refractivity contribution in [2.75, 3.05) is 0 Å². The zero-order chi connectivity index (χ0) is 13.7. The topological polar surface area (TPSA) is 187 Å². The molecule has 0 saturated heterocycles. The molecule has 0 amide bonds. The van der Waals surface area contributed by atoms with Crippen molar-refractivity contribution in [2.45, 2.75) is 0 Å². The van der Waals surface area contributed by atoms with Crippen molar-refractivity contribution in [1.82, 2.24) is 29.9 Å². The van der Waals surface area contributed by atoms with Gasteiger partial charge in [-0.2, -0.15) is 0 Å². The van der Waals surface area contributed by atoms with Gasteiger partial charge in [-0.05, 0) is 34.1 Å². The molecule has 6 radical (unpaired) electrons. The van der Waals surface area contributed by atoms with Crippen molar-refractivity contribution in [3.63, 3.8) is 0 Å². The third-order valence-corrected chi connectivity index (χ3v) is 1.15. The predicted octanol–water partition coefficient (Wildman–Crippen LogP) is -7.86. The van der Waals surface area contributed by atoms with Crippen LogP contribution in [0, 0.1) is 0 Å². The van der Waals surface area contributed by atoms with Gasteiger partial charge in [-0.25, -0.2) is 0 Å². The second-order valence-corrected chi connectivity index (χ2v) is 2.37. The number of hydrogen-bond acceptors (Lipinski definition) is 6. The minimum absolute atomic E-state index is 0. The molecule has 0 unspecified atom stereocenters. The second kappa shape index (κ2) is 12.2. The zero-order valence-electron chi connectivity index (χ0n) is 9.63. The Balaban J connectivity index is -0.000000270. The van der Waals surface area contributed by atoms with Gasteiger partial charge >= 0.3 is 81.9 Å². The van der Waals surface area contributed by atoms with Crippen molar-refractivity contribution >= 4 is 81.9 Å². The van der Waals surface area contributed by atoms with Gasteiger partial charge in [0.1, 0.15) is 0 Å². The van der Waals surface area contributed by atoms with Crippen LogP contribution >= 0.6 is 0 Å². The average molecular weight is 874 g/mol. The molecular weight excluding hydrogens is 874 g/mol. The van der Waals surface area contributed by atoms with Crippen molar-refractivity contribution in [3.05, 3.63) is 62.9 Å². The van der Waals surface area contributed by atoms with Crippen LogP contribution in [-0.4, -0.2) is 81.9 Å². The molecule has 102 valence electrons. The van der Waals surface area contributed by atoms with E-state index in [-0.39, 0.29) is 81.9 Å². The summed E-state index contributed by atoms with van der Waals surface area (Å²) in [5, 5.41) is 0. The Bertz CT molecular complexity index is 640. The fourth-order valence-corrected chi connectivity index (χ4v) is 0.641. The largest absolute Gasteiger partial charge is 2.00 e. The average Bonchev–Trinajstić information content (AvgIpc) is 2.12. The Morgan fingerprint density at radius 2 is 0.429 bits per heavy atom. The Hall–Kier alpha value is -0.414. The SMILES string of the molecule is O=c1[n-]c(=O)[n-]c(=O)[n-]1.O=c1[n-]c(=O)[n-]c(=O)[n-]1.[Pb+2].[Pb+2].[Pb+2]. The third-order valence-electron chi connectivity index (χ3n) is 1.15. The molecule has 0 saturated carbocycles. The summed E-state index contributed by atoms with van der Waals surface area (Å²) in [6, 6.07) is 0. The summed E-state index contributed by atoms with van der Waals surface area (Å²) in [6.45, 7) is 0. The zero-order valence-corrected chi connectivity index (χ0v) is 21.3. The molecule has 0 aliphatic heterocycles. The van der Waals surface area contributed by atoms with Gasteiger partial charge in [0.05, 0.1) is 0 Å². The first-order valence-electron chi connectivity index (χ1n) is 3.91. The van der Waals surface area contributed by atoms with Crippen LogP contribution in [-0.2, 0) is 0 Å². The molecule has 21 heavy (non-hydrogen) atoms. The first kappa shape index (κ1) is 25.5. The number of nitrogens with zero attached hydrogens (tertiary/aromatic N) is 6. The molecule has 12 nitrogen and oxygen atoms in total. The van der Waals surface area contributed by atoms with Gasteiger partial charge < -0.3 is 58.7 Å². The summed E-state index contributed by atoms with van der Waals surface area (Å²) >= 11 is 0. The van der Waals surface area contributed by atoms with Gasteiger partial charge in [0.25, 0.3) is 0 Å². The molecule has 0 atom stereocenters. The van der Waals surface area contributed by atoms with Gasteiger partial charge in [-0.3, -0.25) is 0 Å². The van der Waals surface area contributed by atoms with E-state index in [1.165, 1.54) is 0 Å². The molecule has 2 rings (SSSR count). The molecule has 0 N–H and O–H groups in total. The normalized spacial score (nSPS) is 8.00. The van der Waals surface area contributed by atoms with Crippen LogP contribution in [0.1, 0.15) is 0 Å². The van der Waals surface area contributed by atoms with Crippen molar-refractivity contribution in [2.24, 2.45) is 0 Å². The Kier molecular flexibility index (Phi) is 14.8. The standard InChI is InChI=1S/2C3H3N3O3.3Pb/c2*7-1-4-2(8)6-3(9)5-1;;;/h2*(H3,4,5,6,7,8,9);;;/q;;3*+2/p-6. The molecular formula is C6N6O6Pb3. The Morgan fingerprint density at radius 1 is 0.333 bits per heavy atom. The summed E-state index contributed by atoms with van der Waals surface area (Å²) in [4.78, 5) is 76.5. The maximum absolute atomic E-state index is 10.0. The minimum Gasteiger partial charge on any atom is -0.628 e. The van der Waals surface area contributed by atoms with Crippen molar-refractivity contribution in [1.29, 1.82) is 0 Å². The minimum atomic E-state index is -1.08. The third kappa shape index (κ3) is 10.9. The van der Waals surface area contributed by atoms with E-state index in [0.717, 1.165) is 0 Å². The van der Waals surface area contributed by atoms with E-state index in [1.54, 1.807) is 0 Å². The molecule has 0 fully saturated rings. The van der Waals surface area contributed by atoms with Gasteiger partial charge in [0, 0.05) is 0 Å². The second-order valence-electron chi connectivity index (χ2n) is 2.37. The first-order chi connectivity index (χ1) is 8.36. The summed E-state index contributed by atoms with van der Waals surface area (Å²) < 4.78 is 0. The molecule has 0 aliphatic rings. The van der Waals surface area contributed by atoms with E-state index in [0.29, 0.717) is 0 Å². The van der Waals surface area contributed by atoms with E-state index in [9.17, 15) is 28.8 Å². The molecule has 2 heterocycles. The molecule has 0 aromatic carbocycles. The molecule has 15 heteroatoms. The molecule has 2 aromatic rings. The fourth-order valence-electron chi connectivity index (χ4n) is 0.641. The van der Waals surface area contributed by atoms with Crippen LogP contribution in [0.4, 0.5) is 0 Å². The molecule has 2 aromatic heterocycles. The van der Waals surface area contributed by atoms with E-state index >= 15 is 0 Å². The van der Waals surface area contributed by atoms with Crippen LogP contribution in [0.25, 0.3) is 0 Å². The smallest absolute Gasteiger partial charge is 0.628 e. The van der Waals surface area contributed by atoms with Crippen molar-refractivity contribution in [3.8, 4) is 0 Å². The maximum atomic E-state index is 10.0. The van der Waals surface area contributed by atoms with Crippen LogP contribution in [0.2, 0.25) is 0 Å². The van der Waals surface area contributed by atoms with Gasteiger partial charge in [0.2, 0.25) is 0 Å². The van der Waals surface area contributed by atoms with Crippen molar-refractivity contribution < 1.29 is 0 Å². The monoisotopic (exact) mass is 876 g/mol. The van der Waals surface area contributed by atoms with Gasteiger partial charge in [-0.15, -0.1) is 0 Å². The van der Waals surface area contributed by atoms with Crippen LogP contribution in [0.5, 0.6) is 0 Å². The van der Waals surface area contributed by atoms with E-state index in [4.69, 9.17) is 0 Å². The quantitative estimate of drug-likeness (QED) is 0.228. The number of hydrogen-bond donors (Lipinski definition) is 0. The Labute approximate surface area is 173 Å². The van der Waals surface area contributed by atoms with E-state index in [1.807, 2.05) is 0 Å². The van der Waals surface area contributed by atoms with Crippen LogP contribution in [0.3, 0.4) is 0 Å². The van der Waals surface area contributed by atoms with Crippen LogP contribution < -0.4 is 64.0 Å². The molecule has 0 aliphatic carbocycles. The van der Waals surface area contributed by atoms with E-state index < -0.39 is 34.1 Å². The number of rotatable bonds is 0. The van der Waals surface area contributed by atoms with E-state index in [2.05, 4.69) is 29.9 Å². The Morgan fingerprint density at radius 3 is 0.524 bits per heavy atom. The molecule has 0 bridgehead atoms. The summed E-state index contributed by atoms with van der Waals surface area (Å²) in [5.41, 5.74) is -6.50.